The number of hydrogen-bond acceptors (Lipinski definition) is 3. The summed E-state index contributed by atoms with van der Waals surface area (Å²) < 4.78 is 0. The van der Waals surface area contributed by atoms with Gasteiger partial charge in [-0.25, -0.2) is 0 Å². The maximum Gasteiger partial charge on any atom is 0.244 e. The number of fused-ring (bicyclic) bond motifs is 1. The molecule has 1 heterocycles. The minimum Gasteiger partial charge on any atom is -0.324 e. The van der Waals surface area contributed by atoms with Gasteiger partial charge in [-0.1, -0.05) is 18.5 Å². The Balaban J connectivity index is 2.35. The van der Waals surface area contributed by atoms with E-state index in [2.05, 4.69) is 15.6 Å². The molecule has 0 bridgehead atoms. The first-order valence-electron chi connectivity index (χ1n) is 6.55. The van der Waals surface area contributed by atoms with Crippen molar-refractivity contribution < 1.29 is 4.79 Å². The summed E-state index contributed by atoms with van der Waals surface area (Å²) in [6.45, 7) is 6.39. The van der Waals surface area contributed by atoms with Crippen LogP contribution in [0.2, 0.25) is 5.02 Å². The minimum atomic E-state index is -0.636. The first kappa shape index (κ1) is 14.8. The summed E-state index contributed by atoms with van der Waals surface area (Å²) >= 11 is 6.12. The van der Waals surface area contributed by atoms with Crippen LogP contribution in [0.3, 0.4) is 0 Å². The summed E-state index contributed by atoms with van der Waals surface area (Å²) in [6, 6.07) is 7.26. The lowest BCUT2D eigenvalue weighted by Gasteiger charge is -2.24. The Labute approximate surface area is 123 Å². The largest absolute Gasteiger partial charge is 0.324 e. The number of nitrogens with zero attached hydrogens (tertiary/aromatic N) is 1. The van der Waals surface area contributed by atoms with Crippen LogP contribution in [0.5, 0.6) is 0 Å². The van der Waals surface area contributed by atoms with Gasteiger partial charge in [-0.15, -0.1) is 0 Å². The number of carbonyl (C=O) groups is 1. The number of nitrogens with one attached hydrogen (secondary N) is 2. The van der Waals surface area contributed by atoms with Gasteiger partial charge in [0.05, 0.1) is 21.8 Å². The second kappa shape index (κ2) is 5.77. The van der Waals surface area contributed by atoms with Gasteiger partial charge < -0.3 is 10.6 Å². The molecule has 2 aromatic rings. The van der Waals surface area contributed by atoms with Crippen LogP contribution in [0.4, 0.5) is 5.69 Å². The first-order valence-corrected chi connectivity index (χ1v) is 6.93. The topological polar surface area (TPSA) is 54.0 Å². The van der Waals surface area contributed by atoms with Gasteiger partial charge in [0, 0.05) is 11.6 Å². The van der Waals surface area contributed by atoms with Crippen molar-refractivity contribution in [2.24, 2.45) is 0 Å². The van der Waals surface area contributed by atoms with Gasteiger partial charge in [0.15, 0.2) is 0 Å². The number of likely N-dealkylation sites (N-methyl/N-ethyl adjacent to an activating group) is 1. The van der Waals surface area contributed by atoms with E-state index in [1.54, 1.807) is 18.3 Å². The highest BCUT2D eigenvalue weighted by molar-refractivity contribution is 6.35. The third-order valence-corrected chi connectivity index (χ3v) is 3.46. The summed E-state index contributed by atoms with van der Waals surface area (Å²) in [6.07, 6.45) is 1.68. The standard InChI is InChI=1S/C15H18ClN3O/c1-4-18-15(2,3)14(20)19-12-8-7-11(16)13-10(12)6-5-9-17-13/h5-9,18H,4H2,1-3H3,(H,19,20). The minimum absolute atomic E-state index is 0.0909. The second-order valence-corrected chi connectivity index (χ2v) is 5.51. The van der Waals surface area contributed by atoms with E-state index in [4.69, 9.17) is 11.6 Å². The molecule has 1 amide bonds. The van der Waals surface area contributed by atoms with Crippen molar-refractivity contribution in [1.82, 2.24) is 10.3 Å². The predicted octanol–water partition coefficient (Wildman–Crippen LogP) is 3.21. The van der Waals surface area contributed by atoms with Crippen molar-refractivity contribution in [3.8, 4) is 0 Å². The number of benzene rings is 1. The molecule has 2 rings (SSSR count). The van der Waals surface area contributed by atoms with E-state index in [1.165, 1.54) is 0 Å². The fourth-order valence-corrected chi connectivity index (χ4v) is 2.26. The van der Waals surface area contributed by atoms with Crippen LogP contribution in [0.15, 0.2) is 30.5 Å². The molecule has 0 aliphatic heterocycles. The van der Waals surface area contributed by atoms with Crippen molar-refractivity contribution in [1.29, 1.82) is 0 Å². The number of anilines is 1. The fourth-order valence-electron chi connectivity index (χ4n) is 2.05. The SMILES string of the molecule is CCNC(C)(C)C(=O)Nc1ccc(Cl)c2ncccc12. The van der Waals surface area contributed by atoms with E-state index in [9.17, 15) is 4.79 Å². The Morgan fingerprint density at radius 2 is 2.10 bits per heavy atom. The number of aromatic nitrogens is 1. The van der Waals surface area contributed by atoms with Crippen LogP contribution in [-0.2, 0) is 4.79 Å². The summed E-state index contributed by atoms with van der Waals surface area (Å²) in [5.41, 5.74) is 0.768. The van der Waals surface area contributed by atoms with Crippen molar-refractivity contribution in [3.63, 3.8) is 0 Å². The van der Waals surface area contributed by atoms with Crippen molar-refractivity contribution in [2.75, 3.05) is 11.9 Å². The molecule has 0 atom stereocenters. The average Bonchev–Trinajstić information content (AvgIpc) is 2.42. The molecule has 0 aliphatic carbocycles. The maximum absolute atomic E-state index is 12.3. The summed E-state index contributed by atoms with van der Waals surface area (Å²) in [7, 11) is 0. The van der Waals surface area contributed by atoms with Crippen LogP contribution >= 0.6 is 11.6 Å². The molecule has 5 heteroatoms. The Kier molecular flexibility index (Phi) is 4.26. The second-order valence-electron chi connectivity index (χ2n) is 5.10. The quantitative estimate of drug-likeness (QED) is 0.909. The van der Waals surface area contributed by atoms with E-state index in [0.717, 1.165) is 11.9 Å². The maximum atomic E-state index is 12.3. The molecule has 4 nitrogen and oxygen atoms in total. The fraction of sp³-hybridized carbons (Fsp3) is 0.333. The Morgan fingerprint density at radius 3 is 2.80 bits per heavy atom. The summed E-state index contributed by atoms with van der Waals surface area (Å²) in [5.74, 6) is -0.0909. The van der Waals surface area contributed by atoms with E-state index in [0.29, 0.717) is 16.2 Å². The van der Waals surface area contributed by atoms with Crippen LogP contribution in [0, 0.1) is 0 Å². The van der Waals surface area contributed by atoms with Crippen LogP contribution in [-0.4, -0.2) is 23.0 Å². The summed E-state index contributed by atoms with van der Waals surface area (Å²) in [5, 5.41) is 7.49. The zero-order chi connectivity index (χ0) is 14.8. The van der Waals surface area contributed by atoms with E-state index < -0.39 is 5.54 Å². The molecule has 0 spiro atoms. The number of halogens is 1. The van der Waals surface area contributed by atoms with Crippen molar-refractivity contribution in [3.05, 3.63) is 35.5 Å². The molecule has 0 fully saturated rings. The Bertz CT molecular complexity index is 640. The number of carbonyl (C=O) groups excluding carboxylic acids is 1. The molecular weight excluding hydrogens is 274 g/mol. The zero-order valence-electron chi connectivity index (χ0n) is 11.8. The smallest absolute Gasteiger partial charge is 0.244 e. The third-order valence-electron chi connectivity index (χ3n) is 3.16. The first-order chi connectivity index (χ1) is 9.45. The molecule has 20 heavy (non-hydrogen) atoms. The number of rotatable bonds is 4. The number of hydrogen-bond donors (Lipinski definition) is 2. The highest BCUT2D eigenvalue weighted by Gasteiger charge is 2.26. The van der Waals surface area contributed by atoms with Crippen LogP contribution < -0.4 is 10.6 Å². The lowest BCUT2D eigenvalue weighted by molar-refractivity contribution is -0.121. The summed E-state index contributed by atoms with van der Waals surface area (Å²) in [4.78, 5) is 16.6. The Morgan fingerprint density at radius 1 is 1.35 bits per heavy atom. The normalized spacial score (nSPS) is 11.6. The molecule has 0 radical (unpaired) electrons. The van der Waals surface area contributed by atoms with Gasteiger partial charge in [0.25, 0.3) is 0 Å². The number of amides is 1. The van der Waals surface area contributed by atoms with Crippen LogP contribution in [0.1, 0.15) is 20.8 Å². The van der Waals surface area contributed by atoms with Crippen LogP contribution in [0.25, 0.3) is 10.9 Å². The van der Waals surface area contributed by atoms with Gasteiger partial charge in [0.1, 0.15) is 0 Å². The lowest BCUT2D eigenvalue weighted by atomic mass is 10.0. The zero-order valence-corrected chi connectivity index (χ0v) is 12.6. The van der Waals surface area contributed by atoms with Crippen molar-refractivity contribution >= 4 is 34.1 Å². The molecule has 106 valence electrons. The van der Waals surface area contributed by atoms with E-state index >= 15 is 0 Å². The van der Waals surface area contributed by atoms with Crippen molar-refractivity contribution in [2.45, 2.75) is 26.3 Å². The molecule has 0 aliphatic rings. The molecular formula is C15H18ClN3O. The molecule has 0 unspecified atom stereocenters. The number of pyridine rings is 1. The molecule has 0 saturated carbocycles. The lowest BCUT2D eigenvalue weighted by Crippen LogP contribution is -2.49. The highest BCUT2D eigenvalue weighted by atomic mass is 35.5. The van der Waals surface area contributed by atoms with Gasteiger partial charge in [-0.2, -0.15) is 0 Å². The highest BCUT2D eigenvalue weighted by Crippen LogP contribution is 2.28. The van der Waals surface area contributed by atoms with Gasteiger partial charge >= 0.3 is 0 Å². The molecule has 0 saturated heterocycles. The molecule has 1 aromatic heterocycles. The predicted molar refractivity (Wildman–Crippen MR) is 83.1 cm³/mol. The molecule has 1 aromatic carbocycles. The molecule has 2 N–H and O–H groups in total. The van der Waals surface area contributed by atoms with E-state index in [-0.39, 0.29) is 5.91 Å². The monoisotopic (exact) mass is 291 g/mol. The van der Waals surface area contributed by atoms with E-state index in [1.807, 2.05) is 32.9 Å². The third kappa shape index (κ3) is 2.92. The average molecular weight is 292 g/mol. The van der Waals surface area contributed by atoms with Gasteiger partial charge in [-0.05, 0) is 44.7 Å². The Hall–Kier alpha value is -1.65. The van der Waals surface area contributed by atoms with Gasteiger partial charge in [0.2, 0.25) is 5.91 Å². The van der Waals surface area contributed by atoms with Gasteiger partial charge in [-0.3, -0.25) is 9.78 Å².